The van der Waals surface area contributed by atoms with Gasteiger partial charge in [-0.3, -0.25) is 9.59 Å². The van der Waals surface area contributed by atoms with Crippen molar-refractivity contribution in [3.63, 3.8) is 0 Å². The van der Waals surface area contributed by atoms with Gasteiger partial charge in [-0.1, -0.05) is 48.5 Å². The zero-order chi connectivity index (χ0) is 21.5. The van der Waals surface area contributed by atoms with E-state index in [1.54, 1.807) is 7.11 Å². The second-order valence-electron chi connectivity index (χ2n) is 7.39. The number of anilines is 1. The van der Waals surface area contributed by atoms with Gasteiger partial charge in [0, 0.05) is 17.6 Å². The molecule has 30 heavy (non-hydrogen) atoms. The third kappa shape index (κ3) is 5.36. The number of hydrogen-bond donors (Lipinski definition) is 3. The number of hydrogen-bond acceptors (Lipinski definition) is 3. The first-order chi connectivity index (χ1) is 14.5. The van der Waals surface area contributed by atoms with Crippen molar-refractivity contribution in [2.24, 2.45) is 0 Å². The second-order valence-corrected chi connectivity index (χ2v) is 7.39. The molecule has 0 fully saturated rings. The average Bonchev–Trinajstić information content (AvgIpc) is 2.77. The van der Waals surface area contributed by atoms with Crippen molar-refractivity contribution in [2.45, 2.75) is 19.5 Å². The van der Waals surface area contributed by atoms with E-state index in [1.807, 2.05) is 80.7 Å². The van der Waals surface area contributed by atoms with Crippen LogP contribution in [0.2, 0.25) is 0 Å². The van der Waals surface area contributed by atoms with E-state index in [4.69, 9.17) is 4.74 Å². The molecule has 156 valence electrons. The van der Waals surface area contributed by atoms with Crippen LogP contribution in [-0.2, 0) is 16.1 Å². The summed E-state index contributed by atoms with van der Waals surface area (Å²) < 4.78 is 5.14. The Hall–Kier alpha value is -3.38. The van der Waals surface area contributed by atoms with Gasteiger partial charge in [-0.2, -0.15) is 0 Å². The van der Waals surface area contributed by atoms with Gasteiger partial charge in [0.1, 0.15) is 5.75 Å². The molecule has 3 rings (SSSR count). The van der Waals surface area contributed by atoms with Crippen molar-refractivity contribution in [1.29, 1.82) is 0 Å². The van der Waals surface area contributed by atoms with Gasteiger partial charge >= 0.3 is 0 Å². The molecule has 0 heterocycles. The zero-order valence-corrected chi connectivity index (χ0v) is 17.6. The Morgan fingerprint density at radius 3 is 2.43 bits per heavy atom. The summed E-state index contributed by atoms with van der Waals surface area (Å²) in [5, 5.41) is 7.97. The Morgan fingerprint density at radius 2 is 1.70 bits per heavy atom. The quantitative estimate of drug-likeness (QED) is 0.536. The van der Waals surface area contributed by atoms with Gasteiger partial charge in [0.25, 0.3) is 11.8 Å². The Labute approximate surface area is 176 Å². The van der Waals surface area contributed by atoms with E-state index in [2.05, 4.69) is 10.6 Å². The van der Waals surface area contributed by atoms with Crippen LogP contribution in [0.5, 0.6) is 5.75 Å². The highest BCUT2D eigenvalue weighted by atomic mass is 16.5. The monoisotopic (exact) mass is 406 g/mol. The highest BCUT2D eigenvalue weighted by molar-refractivity contribution is 6.02. The summed E-state index contributed by atoms with van der Waals surface area (Å²) in [6.45, 7) is 2.45. The van der Waals surface area contributed by atoms with Crippen LogP contribution in [0.15, 0.2) is 66.7 Å². The maximum Gasteiger partial charge on any atom is 0.279 e. The first-order valence-corrected chi connectivity index (χ1v) is 9.98. The van der Waals surface area contributed by atoms with Gasteiger partial charge in [-0.05, 0) is 36.1 Å². The predicted octanol–water partition coefficient (Wildman–Crippen LogP) is 2.01. The summed E-state index contributed by atoms with van der Waals surface area (Å²) >= 11 is 0. The fourth-order valence-electron chi connectivity index (χ4n) is 3.24. The number of methoxy groups -OCH3 is 1. The Balaban J connectivity index is 1.52. The molecule has 3 aromatic rings. The SMILES string of the molecule is COc1ccc(CNC(=O)[C@H](C)[NH+](C)CC(=O)Nc2cccc3ccccc23)cc1. The number of fused-ring (bicyclic) bond motifs is 1. The van der Waals surface area contributed by atoms with Crippen molar-refractivity contribution < 1.29 is 19.2 Å². The smallest absolute Gasteiger partial charge is 0.279 e. The molecule has 0 bridgehead atoms. The van der Waals surface area contributed by atoms with Gasteiger partial charge in [0.2, 0.25) is 0 Å². The van der Waals surface area contributed by atoms with Crippen LogP contribution in [0.25, 0.3) is 10.8 Å². The van der Waals surface area contributed by atoms with E-state index in [-0.39, 0.29) is 24.4 Å². The molecule has 6 nitrogen and oxygen atoms in total. The van der Waals surface area contributed by atoms with Gasteiger partial charge in [-0.15, -0.1) is 0 Å². The van der Waals surface area contributed by atoms with E-state index in [9.17, 15) is 9.59 Å². The number of rotatable bonds is 8. The van der Waals surface area contributed by atoms with E-state index in [1.165, 1.54) is 0 Å². The lowest BCUT2D eigenvalue weighted by Gasteiger charge is -2.21. The molecule has 1 unspecified atom stereocenters. The summed E-state index contributed by atoms with van der Waals surface area (Å²) in [7, 11) is 3.47. The number of ether oxygens (including phenoxy) is 1. The number of benzene rings is 3. The lowest BCUT2D eigenvalue weighted by atomic mass is 10.1. The molecule has 3 aromatic carbocycles. The molecule has 0 aliphatic carbocycles. The van der Waals surface area contributed by atoms with E-state index < -0.39 is 0 Å². The van der Waals surface area contributed by atoms with Crippen molar-refractivity contribution >= 4 is 28.3 Å². The van der Waals surface area contributed by atoms with Crippen LogP contribution in [-0.4, -0.2) is 38.6 Å². The Bertz CT molecular complexity index is 1010. The van der Waals surface area contributed by atoms with Crippen LogP contribution in [0.4, 0.5) is 5.69 Å². The third-order valence-electron chi connectivity index (χ3n) is 5.26. The molecule has 2 amide bonds. The molecule has 3 N–H and O–H groups in total. The Morgan fingerprint density at radius 1 is 1.00 bits per heavy atom. The highest BCUT2D eigenvalue weighted by Gasteiger charge is 2.23. The molecule has 0 aliphatic rings. The fraction of sp³-hybridized carbons (Fsp3) is 0.250. The van der Waals surface area contributed by atoms with Gasteiger partial charge < -0.3 is 20.3 Å². The number of likely N-dealkylation sites (N-methyl/N-ethyl adjacent to an activating group) is 1. The first-order valence-electron chi connectivity index (χ1n) is 9.98. The average molecular weight is 407 g/mol. The molecule has 0 saturated carbocycles. The Kier molecular flexibility index (Phi) is 7.03. The summed E-state index contributed by atoms with van der Waals surface area (Å²) in [5.74, 6) is 0.555. The summed E-state index contributed by atoms with van der Waals surface area (Å²) in [6, 6.07) is 20.9. The number of carbonyl (C=O) groups is 2. The normalized spacial score (nSPS) is 12.8. The van der Waals surface area contributed by atoms with Crippen molar-refractivity contribution in [2.75, 3.05) is 26.0 Å². The molecule has 0 aromatic heterocycles. The number of quaternary nitrogens is 1. The third-order valence-corrected chi connectivity index (χ3v) is 5.26. The van der Waals surface area contributed by atoms with Gasteiger partial charge in [-0.25, -0.2) is 0 Å². The molecule has 0 aliphatic heterocycles. The number of carbonyl (C=O) groups excluding carboxylic acids is 2. The largest absolute Gasteiger partial charge is 0.497 e. The second kappa shape index (κ2) is 9.89. The lowest BCUT2D eigenvalue weighted by molar-refractivity contribution is -0.885. The predicted molar refractivity (Wildman–Crippen MR) is 119 cm³/mol. The summed E-state index contributed by atoms with van der Waals surface area (Å²) in [6.07, 6.45) is 0. The number of amides is 2. The fourth-order valence-corrected chi connectivity index (χ4v) is 3.24. The van der Waals surface area contributed by atoms with Crippen LogP contribution >= 0.6 is 0 Å². The van der Waals surface area contributed by atoms with Crippen LogP contribution < -0.4 is 20.3 Å². The minimum absolute atomic E-state index is 0.0960. The molecule has 0 saturated heterocycles. The molecule has 6 heteroatoms. The molecule has 2 atom stereocenters. The molecular weight excluding hydrogens is 378 g/mol. The molecule has 0 spiro atoms. The van der Waals surface area contributed by atoms with Crippen LogP contribution in [0.3, 0.4) is 0 Å². The van der Waals surface area contributed by atoms with Crippen molar-refractivity contribution in [3.05, 3.63) is 72.3 Å². The van der Waals surface area contributed by atoms with E-state index in [0.717, 1.165) is 32.7 Å². The maximum absolute atomic E-state index is 12.6. The molecule has 0 radical (unpaired) electrons. The van der Waals surface area contributed by atoms with Gasteiger partial charge in [0.15, 0.2) is 12.6 Å². The lowest BCUT2D eigenvalue weighted by Crippen LogP contribution is -3.15. The number of nitrogens with one attached hydrogen (secondary N) is 3. The van der Waals surface area contributed by atoms with E-state index >= 15 is 0 Å². The standard InChI is InChI=1S/C24H27N3O3/c1-17(24(29)25-15-18-11-13-20(30-3)14-12-18)27(2)16-23(28)26-22-10-6-8-19-7-4-5-9-21(19)22/h4-14,17H,15-16H2,1-3H3,(H,25,29)(H,26,28)/p+1/t17-/m0/s1. The van der Waals surface area contributed by atoms with Crippen LogP contribution in [0.1, 0.15) is 12.5 Å². The summed E-state index contributed by atoms with van der Waals surface area (Å²) in [5.41, 5.74) is 1.77. The minimum Gasteiger partial charge on any atom is -0.497 e. The van der Waals surface area contributed by atoms with Crippen molar-refractivity contribution in [1.82, 2.24) is 5.32 Å². The van der Waals surface area contributed by atoms with E-state index in [0.29, 0.717) is 6.54 Å². The zero-order valence-electron chi connectivity index (χ0n) is 17.6. The first kappa shape index (κ1) is 21.3. The minimum atomic E-state index is -0.360. The molecular formula is C24H28N3O3+. The summed E-state index contributed by atoms with van der Waals surface area (Å²) in [4.78, 5) is 25.9. The van der Waals surface area contributed by atoms with Crippen molar-refractivity contribution in [3.8, 4) is 5.75 Å². The maximum atomic E-state index is 12.6. The highest BCUT2D eigenvalue weighted by Crippen LogP contribution is 2.22. The topological polar surface area (TPSA) is 71.9 Å². The van der Waals surface area contributed by atoms with Gasteiger partial charge in [0.05, 0.1) is 14.2 Å². The van der Waals surface area contributed by atoms with Crippen LogP contribution in [0, 0.1) is 0 Å².